The predicted molar refractivity (Wildman–Crippen MR) is 50.6 cm³/mol. The van der Waals surface area contributed by atoms with E-state index >= 15 is 0 Å². The van der Waals surface area contributed by atoms with E-state index in [9.17, 15) is 13.6 Å². The minimum atomic E-state index is -0.846. The van der Waals surface area contributed by atoms with Crippen molar-refractivity contribution in [2.45, 2.75) is 6.92 Å². The maximum atomic E-state index is 13.3. The second-order valence-electron chi connectivity index (χ2n) is 2.80. The lowest BCUT2D eigenvalue weighted by molar-refractivity contribution is -0.111. The van der Waals surface area contributed by atoms with Crippen molar-refractivity contribution < 1.29 is 18.4 Å². The van der Waals surface area contributed by atoms with Crippen molar-refractivity contribution in [1.82, 2.24) is 0 Å². The van der Waals surface area contributed by atoms with Crippen LogP contribution in [0, 0.1) is 11.6 Å². The summed E-state index contributed by atoms with van der Waals surface area (Å²) < 4.78 is 25.9. The minimum Gasteiger partial charge on any atom is -0.399 e. The summed E-state index contributed by atoms with van der Waals surface area (Å²) >= 11 is 0. The molecular weight excluding hydrogens is 204 g/mol. The highest BCUT2D eigenvalue weighted by molar-refractivity contribution is 6.45. The van der Waals surface area contributed by atoms with Crippen LogP contribution in [0.2, 0.25) is 0 Å². The number of benzene rings is 1. The number of hydrogen-bond acceptors (Lipinski definition) is 3. The highest BCUT2D eigenvalue weighted by Gasteiger charge is 2.15. The summed E-state index contributed by atoms with van der Waals surface area (Å²) in [5.74, 6) is -2.01. The van der Waals surface area contributed by atoms with Crippen LogP contribution in [-0.2, 0) is 9.63 Å². The largest absolute Gasteiger partial charge is 0.399 e. The zero-order valence-electron chi connectivity index (χ0n) is 8.25. The fourth-order valence-corrected chi connectivity index (χ4v) is 1.08. The smallest absolute Gasteiger partial charge is 0.182 e. The monoisotopic (exact) mass is 213 g/mol. The van der Waals surface area contributed by atoms with Gasteiger partial charge in [0, 0.05) is 18.6 Å². The van der Waals surface area contributed by atoms with E-state index in [4.69, 9.17) is 0 Å². The first kappa shape index (κ1) is 11.3. The summed E-state index contributed by atoms with van der Waals surface area (Å²) in [6.07, 6.45) is 0. The predicted octanol–water partition coefficient (Wildman–Crippen LogP) is 1.90. The molecule has 15 heavy (non-hydrogen) atoms. The minimum absolute atomic E-state index is 0.0780. The van der Waals surface area contributed by atoms with E-state index in [0.717, 1.165) is 12.1 Å². The van der Waals surface area contributed by atoms with Gasteiger partial charge in [-0.3, -0.25) is 4.79 Å². The lowest BCUT2D eigenvalue weighted by Gasteiger charge is -2.03. The normalized spacial score (nSPS) is 11.3. The number of Topliss-reactive ketones (excluding diaryl/α,β-unsaturated/α-hetero) is 1. The second-order valence-corrected chi connectivity index (χ2v) is 2.80. The molecule has 0 saturated heterocycles. The SMILES string of the molecule is CON=C(C(C)=O)c1ccc(F)cc1F. The first-order valence-electron chi connectivity index (χ1n) is 4.13. The molecule has 1 aromatic rings. The van der Waals surface area contributed by atoms with Gasteiger partial charge < -0.3 is 4.84 Å². The molecule has 0 atom stereocenters. The summed E-state index contributed by atoms with van der Waals surface area (Å²) in [7, 11) is 1.24. The Hall–Kier alpha value is -1.78. The molecule has 5 heteroatoms. The summed E-state index contributed by atoms with van der Waals surface area (Å²) in [4.78, 5) is 15.5. The molecule has 0 radical (unpaired) electrons. The van der Waals surface area contributed by atoms with Crippen LogP contribution in [0.25, 0.3) is 0 Å². The van der Waals surface area contributed by atoms with E-state index in [-0.39, 0.29) is 11.3 Å². The molecule has 0 amide bonds. The lowest BCUT2D eigenvalue weighted by Crippen LogP contribution is -2.14. The van der Waals surface area contributed by atoms with Crippen LogP contribution in [0.3, 0.4) is 0 Å². The maximum Gasteiger partial charge on any atom is 0.182 e. The Labute approximate surface area is 85.3 Å². The van der Waals surface area contributed by atoms with Crippen LogP contribution >= 0.6 is 0 Å². The standard InChI is InChI=1S/C10H9F2NO2/c1-6(14)10(13-15-2)8-4-3-7(11)5-9(8)12/h3-5H,1-2H3. The Morgan fingerprint density at radius 3 is 2.53 bits per heavy atom. The molecule has 0 aromatic heterocycles. The fourth-order valence-electron chi connectivity index (χ4n) is 1.08. The summed E-state index contributed by atoms with van der Waals surface area (Å²) in [6, 6.07) is 2.87. The van der Waals surface area contributed by atoms with Gasteiger partial charge in [0.25, 0.3) is 0 Å². The molecule has 0 N–H and O–H groups in total. The van der Waals surface area contributed by atoms with Crippen LogP contribution in [0.5, 0.6) is 0 Å². The third-order valence-electron chi connectivity index (χ3n) is 1.70. The zero-order chi connectivity index (χ0) is 11.4. The maximum absolute atomic E-state index is 13.3. The average molecular weight is 213 g/mol. The van der Waals surface area contributed by atoms with Crippen molar-refractivity contribution in [3.05, 3.63) is 35.4 Å². The van der Waals surface area contributed by atoms with Crippen molar-refractivity contribution in [2.24, 2.45) is 5.16 Å². The van der Waals surface area contributed by atoms with Crippen molar-refractivity contribution >= 4 is 11.5 Å². The number of oxime groups is 1. The van der Waals surface area contributed by atoms with E-state index in [2.05, 4.69) is 9.99 Å². The molecule has 0 unspecified atom stereocenters. The van der Waals surface area contributed by atoms with Crippen LogP contribution < -0.4 is 0 Å². The molecule has 0 fully saturated rings. The Balaban J connectivity index is 3.24. The first-order chi connectivity index (χ1) is 7.06. The molecule has 1 aromatic carbocycles. The van der Waals surface area contributed by atoms with Crippen molar-refractivity contribution in [1.29, 1.82) is 0 Å². The van der Waals surface area contributed by atoms with Crippen molar-refractivity contribution in [3.63, 3.8) is 0 Å². The zero-order valence-corrected chi connectivity index (χ0v) is 8.25. The quantitative estimate of drug-likeness (QED) is 0.568. The Kier molecular flexibility index (Phi) is 3.49. The van der Waals surface area contributed by atoms with Gasteiger partial charge in [-0.2, -0.15) is 0 Å². The van der Waals surface area contributed by atoms with Gasteiger partial charge in [0.1, 0.15) is 18.7 Å². The lowest BCUT2D eigenvalue weighted by atomic mass is 10.1. The Morgan fingerprint density at radius 2 is 2.07 bits per heavy atom. The van der Waals surface area contributed by atoms with Gasteiger partial charge in [-0.1, -0.05) is 5.16 Å². The number of halogens is 2. The summed E-state index contributed by atoms with van der Waals surface area (Å²) in [6.45, 7) is 1.22. The molecule has 0 aliphatic rings. The number of carbonyl (C=O) groups is 1. The van der Waals surface area contributed by atoms with E-state index in [1.807, 2.05) is 0 Å². The molecule has 0 aliphatic heterocycles. The number of carbonyl (C=O) groups excluding carboxylic acids is 1. The molecule has 80 valence electrons. The molecule has 0 aliphatic carbocycles. The van der Waals surface area contributed by atoms with E-state index < -0.39 is 17.4 Å². The van der Waals surface area contributed by atoms with Gasteiger partial charge in [-0.15, -0.1) is 0 Å². The molecule has 0 saturated carbocycles. The second kappa shape index (κ2) is 4.63. The van der Waals surface area contributed by atoms with Crippen molar-refractivity contribution in [3.8, 4) is 0 Å². The molecule has 1 rings (SSSR count). The number of hydrogen-bond donors (Lipinski definition) is 0. The van der Waals surface area contributed by atoms with Gasteiger partial charge in [-0.05, 0) is 12.1 Å². The van der Waals surface area contributed by atoms with Gasteiger partial charge in [-0.25, -0.2) is 8.78 Å². The highest BCUT2D eigenvalue weighted by atomic mass is 19.1. The van der Waals surface area contributed by atoms with Crippen LogP contribution in [0.4, 0.5) is 8.78 Å². The Morgan fingerprint density at radius 1 is 1.40 bits per heavy atom. The van der Waals surface area contributed by atoms with Crippen LogP contribution in [0.15, 0.2) is 23.4 Å². The van der Waals surface area contributed by atoms with Gasteiger partial charge in [0.05, 0.1) is 0 Å². The first-order valence-corrected chi connectivity index (χ1v) is 4.13. The topological polar surface area (TPSA) is 38.7 Å². The number of ketones is 1. The van der Waals surface area contributed by atoms with Crippen molar-refractivity contribution in [2.75, 3.05) is 7.11 Å². The molecule has 3 nitrogen and oxygen atoms in total. The summed E-state index contributed by atoms with van der Waals surface area (Å²) in [5.41, 5.74) is -0.249. The van der Waals surface area contributed by atoms with Crippen LogP contribution in [-0.4, -0.2) is 18.6 Å². The van der Waals surface area contributed by atoms with Gasteiger partial charge >= 0.3 is 0 Å². The van der Waals surface area contributed by atoms with Gasteiger partial charge in [0.2, 0.25) is 0 Å². The summed E-state index contributed by atoms with van der Waals surface area (Å²) in [5, 5.41) is 3.39. The Bertz CT molecular complexity index is 416. The fraction of sp³-hybridized carbons (Fsp3) is 0.200. The molecule has 0 bridgehead atoms. The third-order valence-corrected chi connectivity index (χ3v) is 1.70. The third kappa shape index (κ3) is 2.59. The molecule has 0 heterocycles. The van der Waals surface area contributed by atoms with E-state index in [1.54, 1.807) is 0 Å². The number of rotatable bonds is 3. The average Bonchev–Trinajstić information content (AvgIpc) is 2.15. The van der Waals surface area contributed by atoms with E-state index in [1.165, 1.54) is 14.0 Å². The molecular formula is C10H9F2NO2. The number of nitrogens with zero attached hydrogens (tertiary/aromatic N) is 1. The highest BCUT2D eigenvalue weighted by Crippen LogP contribution is 2.11. The van der Waals surface area contributed by atoms with E-state index in [0.29, 0.717) is 6.07 Å². The van der Waals surface area contributed by atoms with Crippen LogP contribution in [0.1, 0.15) is 12.5 Å². The van der Waals surface area contributed by atoms with Gasteiger partial charge in [0.15, 0.2) is 11.5 Å². The molecule has 0 spiro atoms.